The molecule has 680 valence electrons. The van der Waals surface area contributed by atoms with Gasteiger partial charge in [0.05, 0.1) is 85.8 Å². The van der Waals surface area contributed by atoms with Crippen LogP contribution < -0.4 is 60.0 Å². The summed E-state index contributed by atoms with van der Waals surface area (Å²) in [4.78, 5) is 108. The Morgan fingerprint density at radius 2 is 0.702 bits per heavy atom. The van der Waals surface area contributed by atoms with Crippen molar-refractivity contribution in [2.24, 2.45) is 5.90 Å². The number of aliphatic hydroxyl groups excluding tert-OH is 1. The molecule has 5 aliphatic heterocycles. The number of para-hydroxylation sites is 15. The Hall–Kier alpha value is -13.4. The van der Waals surface area contributed by atoms with Gasteiger partial charge < -0.3 is 39.0 Å². The number of halogens is 4. The fraction of sp³-hybridized carbons (Fsp3) is 0.158. The Labute approximate surface area is 793 Å². The summed E-state index contributed by atoms with van der Waals surface area (Å²) in [7, 11) is 1.00. The van der Waals surface area contributed by atoms with Gasteiger partial charge in [-0.05, 0) is 151 Å². The van der Waals surface area contributed by atoms with Gasteiger partial charge in [-0.3, -0.25) is 68.0 Å². The SMILES string of the molecule is BrCBr.C.C.CO.Cl.NOCc1ccccc1.O=C1Nc2ccccc2Oc2ccccc21.O=C1c2ccccc2Oc2ccccc2N1CBr.O=C1c2ccccc2Oc2ccccc2N1CNOCc1ccccc1.O=CN(CN1C(=O)c2ccccc2Oc2ccccc21)OCc1ccccc1.O=CN(O)CCCCCCN1C(=O)c2ccccc2Oc2ccccc21. The second kappa shape index (κ2) is 54.8. The summed E-state index contributed by atoms with van der Waals surface area (Å²) in [5.41, 5.74) is 12.5. The van der Waals surface area contributed by atoms with E-state index in [-0.39, 0.29) is 76.7 Å². The summed E-state index contributed by atoms with van der Waals surface area (Å²) in [6.45, 7) is 2.18. The van der Waals surface area contributed by atoms with E-state index in [1.165, 1.54) is 4.90 Å². The van der Waals surface area contributed by atoms with Gasteiger partial charge in [0, 0.05) is 20.2 Å². The number of hydrogen-bond donors (Lipinski definition) is 5. The summed E-state index contributed by atoms with van der Waals surface area (Å²) < 4.78 is 30.2. The van der Waals surface area contributed by atoms with Crippen molar-refractivity contribution in [1.82, 2.24) is 15.6 Å². The van der Waals surface area contributed by atoms with Crippen LogP contribution in [0.1, 0.15) is 109 Å². The van der Waals surface area contributed by atoms with Gasteiger partial charge in [-0.15, -0.1) is 12.4 Å². The van der Waals surface area contributed by atoms with Gasteiger partial charge in [-0.1, -0.05) is 288 Å². The number of ether oxygens (including phenoxy) is 5. The normalized spacial score (nSPS) is 11.9. The van der Waals surface area contributed by atoms with Crippen LogP contribution >= 0.6 is 60.2 Å². The molecule has 0 atom stereocenters. The summed E-state index contributed by atoms with van der Waals surface area (Å²) in [6, 6.07) is 102. The molecule has 5 heterocycles. The molecule has 0 aromatic heterocycles. The zero-order valence-corrected chi connectivity index (χ0v) is 75.5. The number of carbonyl (C=O) groups excluding carboxylic acids is 7. The van der Waals surface area contributed by atoms with Gasteiger partial charge in [-0.25, -0.2) is 16.0 Å². The molecule has 13 aromatic rings. The molecule has 0 radical (unpaired) electrons. The van der Waals surface area contributed by atoms with E-state index in [1.807, 2.05) is 261 Å². The first-order valence-corrected chi connectivity index (χ1v) is 43.7. The van der Waals surface area contributed by atoms with E-state index < -0.39 is 0 Å². The lowest BCUT2D eigenvalue weighted by molar-refractivity contribution is -0.176. The van der Waals surface area contributed by atoms with Gasteiger partial charge in [0.1, 0.15) is 42.0 Å². The number of aliphatic hydroxyl groups is 1. The van der Waals surface area contributed by atoms with Crippen LogP contribution in [0.2, 0.25) is 0 Å². The van der Waals surface area contributed by atoms with E-state index in [1.54, 1.807) is 87.5 Å². The number of carbonyl (C=O) groups is 7. The quantitative estimate of drug-likeness (QED) is 0.0105. The Balaban J connectivity index is 0.000000195. The molecule has 6 N–H and O–H groups in total. The van der Waals surface area contributed by atoms with Crippen LogP contribution in [0.4, 0.5) is 28.4 Å². The van der Waals surface area contributed by atoms with E-state index in [2.05, 4.69) is 63.4 Å². The lowest BCUT2D eigenvalue weighted by atomic mass is 10.1. The van der Waals surface area contributed by atoms with Crippen molar-refractivity contribution in [2.75, 3.05) is 68.1 Å². The van der Waals surface area contributed by atoms with Crippen LogP contribution in [-0.2, 0) is 43.9 Å². The molecule has 0 saturated carbocycles. The maximum Gasteiger partial charge on any atom is 0.263 e. The minimum absolute atomic E-state index is 0. The summed E-state index contributed by atoms with van der Waals surface area (Å²) >= 11 is 9.48. The molecule has 5 aliphatic rings. The highest BCUT2D eigenvalue weighted by Crippen LogP contribution is 2.44. The predicted molar refractivity (Wildman–Crippen MR) is 522 cm³/mol. The number of nitrogens with two attached hydrogens (primary N) is 1. The Bertz CT molecular complexity index is 5810. The number of anilines is 5. The average Bonchev–Trinajstić information content (AvgIpc) is 1.67. The van der Waals surface area contributed by atoms with Gasteiger partial charge in [-0.2, -0.15) is 5.48 Å². The van der Waals surface area contributed by atoms with Crippen LogP contribution in [0, 0.1) is 0 Å². The number of fused-ring (bicyclic) bond motifs is 10. The number of hydroxylamine groups is 5. The second-order valence-electron chi connectivity index (χ2n) is 27.7. The summed E-state index contributed by atoms with van der Waals surface area (Å²) in [5, 5.41) is 20.7. The van der Waals surface area contributed by atoms with Crippen LogP contribution in [0.3, 0.4) is 0 Å². The van der Waals surface area contributed by atoms with Crippen LogP contribution in [0.25, 0.3) is 0 Å². The Morgan fingerprint density at radius 3 is 1.13 bits per heavy atom. The summed E-state index contributed by atoms with van der Waals surface area (Å²) in [6.07, 6.45) is 4.31. The molecule has 30 heteroatoms. The van der Waals surface area contributed by atoms with E-state index in [9.17, 15) is 33.6 Å². The van der Waals surface area contributed by atoms with Crippen molar-refractivity contribution in [3.05, 3.63) is 378 Å². The highest BCUT2D eigenvalue weighted by Gasteiger charge is 2.33. The first kappa shape index (κ1) is 103. The lowest BCUT2D eigenvalue weighted by Crippen LogP contribution is -2.41. The van der Waals surface area contributed by atoms with E-state index in [0.29, 0.717) is 152 Å². The Morgan fingerprint density at radius 1 is 0.382 bits per heavy atom. The number of benzene rings is 13. The topological polar surface area (TPSA) is 303 Å². The van der Waals surface area contributed by atoms with Crippen molar-refractivity contribution >= 4 is 131 Å². The molecular formula is C101H101Br3ClN9O17. The molecule has 0 saturated heterocycles. The van der Waals surface area contributed by atoms with E-state index in [0.717, 1.165) is 70.2 Å². The standard InChI is InChI=1S/C22H18N2O4.C21H18N2O3.C20H22N2O4.C14H10BrNO2.C13H9NO2.C7H9NO.CH2Br2.CH4O.2CH4.ClH/c25-16-23(27-14-17-8-2-1-3-9-17)15-24-19-11-5-7-13-21(19)28-20-12-6-4-10-18(20)22(24)26;24-21-17-10-4-6-12-19(17)26-20-13-7-5-11-18(20)23(21)15-22-25-14-16-8-2-1-3-9-16;23-15-21(25)13-7-1-2-8-14-22-17-10-4-6-12-19(17)26-18-11-5-3-9-16(18)20(22)24;15-9-16-11-6-2-4-8-13(11)18-12-7-3-1-5-10(12)14(16)17;15-13-9-5-1-3-7-11(9)16-12-8-4-2-6-10(12)14-13;8-9-6-7-4-2-1-3-5-7;2-1-3;1-2;;;/h1-13,16H,14-15H2;1-13,22H,14-15H2;3-6,9-12,15,25H,1-2,7-8,13-14H2;1-8H,9H2;1-8H,(H,14,15);1-5H,6,8H2;1H2;2H,1H3;2*1H4;1H. The van der Waals surface area contributed by atoms with Crippen LogP contribution in [-0.4, -0.2) is 106 Å². The molecule has 7 amide bonds. The summed E-state index contributed by atoms with van der Waals surface area (Å²) in [5.74, 6) is 10.2. The second-order valence-corrected chi connectivity index (χ2v) is 30.8. The van der Waals surface area contributed by atoms with Crippen molar-refractivity contribution < 1.29 is 82.1 Å². The van der Waals surface area contributed by atoms with Gasteiger partial charge in [0.2, 0.25) is 12.8 Å². The molecule has 131 heavy (non-hydrogen) atoms. The number of unbranched alkanes of at least 4 members (excludes halogenated alkanes) is 3. The highest BCUT2D eigenvalue weighted by atomic mass is 79.9. The number of amides is 7. The zero-order chi connectivity index (χ0) is 90.2. The molecule has 0 spiro atoms. The van der Waals surface area contributed by atoms with Crippen molar-refractivity contribution in [2.45, 2.75) is 60.4 Å². The fourth-order valence-corrected chi connectivity index (χ4v) is 13.7. The van der Waals surface area contributed by atoms with Crippen molar-refractivity contribution in [3.63, 3.8) is 0 Å². The molecule has 26 nitrogen and oxygen atoms in total. The molecule has 0 unspecified atom stereocenters. The van der Waals surface area contributed by atoms with Crippen LogP contribution in [0.5, 0.6) is 57.5 Å². The maximum absolute atomic E-state index is 13.2. The number of rotatable bonds is 22. The first-order valence-electron chi connectivity index (χ1n) is 40.3. The largest absolute Gasteiger partial charge is 0.454 e. The fourth-order valence-electron chi connectivity index (χ4n) is 13.3. The predicted octanol–water partition coefficient (Wildman–Crippen LogP) is 22.9. The number of alkyl halides is 3. The van der Waals surface area contributed by atoms with Crippen LogP contribution in [0.15, 0.2) is 334 Å². The third-order valence-electron chi connectivity index (χ3n) is 19.3. The Kier molecular flexibility index (Phi) is 43.1. The molecule has 0 aliphatic carbocycles. The minimum atomic E-state index is -0.268. The molecule has 0 fully saturated rings. The van der Waals surface area contributed by atoms with Gasteiger partial charge in [0.25, 0.3) is 29.5 Å². The van der Waals surface area contributed by atoms with Crippen molar-refractivity contribution in [1.29, 1.82) is 0 Å². The maximum atomic E-state index is 13.2. The average molecular weight is 1990 g/mol. The number of hydrogen-bond acceptors (Lipinski definition) is 19. The first-order chi connectivity index (χ1) is 62.8. The molecule has 18 rings (SSSR count). The third-order valence-corrected chi connectivity index (χ3v) is 19.8. The number of nitrogens with zero attached hydrogens (tertiary/aromatic N) is 6. The van der Waals surface area contributed by atoms with E-state index in [4.69, 9.17) is 49.6 Å². The minimum Gasteiger partial charge on any atom is -0.454 e. The van der Waals surface area contributed by atoms with Gasteiger partial charge in [0.15, 0.2) is 28.7 Å². The van der Waals surface area contributed by atoms with E-state index >= 15 is 0 Å². The molecule has 0 bridgehead atoms. The zero-order valence-electron chi connectivity index (χ0n) is 69.9. The lowest BCUT2D eigenvalue weighted by Gasteiger charge is -2.27. The number of nitrogens with one attached hydrogen (secondary N) is 2. The molecule has 13 aromatic carbocycles. The third kappa shape index (κ3) is 28.8. The smallest absolute Gasteiger partial charge is 0.263 e. The monoisotopic (exact) mass is 1980 g/mol. The van der Waals surface area contributed by atoms with Crippen molar-refractivity contribution in [3.8, 4) is 57.5 Å². The van der Waals surface area contributed by atoms with Gasteiger partial charge >= 0.3 is 0 Å². The highest BCUT2D eigenvalue weighted by molar-refractivity contribution is 9.24. The molecular weight excluding hydrogens is 1890 g/mol.